The summed E-state index contributed by atoms with van der Waals surface area (Å²) in [5.74, 6) is 0.0173. The Labute approximate surface area is 78.2 Å². The summed E-state index contributed by atoms with van der Waals surface area (Å²) in [7, 11) is 0. The first-order valence-electron chi connectivity index (χ1n) is 4.36. The number of ketones is 1. The third-order valence-electron chi connectivity index (χ3n) is 2.03. The van der Waals surface area contributed by atoms with Crippen LogP contribution in [0.2, 0.25) is 0 Å². The first kappa shape index (κ1) is 9.93. The van der Waals surface area contributed by atoms with Crippen molar-refractivity contribution in [2.24, 2.45) is 0 Å². The van der Waals surface area contributed by atoms with E-state index in [9.17, 15) is 4.79 Å². The van der Waals surface area contributed by atoms with Crippen LogP contribution in [0.15, 0.2) is 18.2 Å². The van der Waals surface area contributed by atoms with Crippen molar-refractivity contribution in [1.82, 2.24) is 0 Å². The zero-order valence-electron chi connectivity index (χ0n) is 8.00. The van der Waals surface area contributed by atoms with Gasteiger partial charge < -0.3 is 5.11 Å². The number of carbonyl (C=O) groups is 1. The molecular weight excluding hydrogens is 164 g/mol. The average molecular weight is 178 g/mol. The molecule has 0 fully saturated rings. The number of carbonyl (C=O) groups excluding carboxylic acids is 1. The van der Waals surface area contributed by atoms with Crippen LogP contribution in [0, 0.1) is 13.8 Å². The minimum absolute atomic E-state index is 0.0173. The van der Waals surface area contributed by atoms with E-state index >= 15 is 0 Å². The van der Waals surface area contributed by atoms with E-state index in [-0.39, 0.29) is 18.8 Å². The molecule has 0 unspecified atom stereocenters. The highest BCUT2D eigenvalue weighted by Crippen LogP contribution is 2.12. The summed E-state index contributed by atoms with van der Waals surface area (Å²) in [5, 5.41) is 8.64. The Morgan fingerprint density at radius 1 is 1.38 bits per heavy atom. The molecule has 2 heteroatoms. The van der Waals surface area contributed by atoms with E-state index in [1.165, 1.54) is 0 Å². The van der Waals surface area contributed by atoms with Crippen LogP contribution in [0.3, 0.4) is 0 Å². The number of aryl methyl sites for hydroxylation is 2. The molecule has 0 aliphatic carbocycles. The predicted molar refractivity (Wildman–Crippen MR) is 51.9 cm³/mol. The van der Waals surface area contributed by atoms with E-state index < -0.39 is 0 Å². The van der Waals surface area contributed by atoms with Crippen molar-refractivity contribution in [3.63, 3.8) is 0 Å². The summed E-state index contributed by atoms with van der Waals surface area (Å²) in [4.78, 5) is 11.5. The van der Waals surface area contributed by atoms with Gasteiger partial charge in [0.15, 0.2) is 5.78 Å². The average Bonchev–Trinajstić information content (AvgIpc) is 2.09. The van der Waals surface area contributed by atoms with Gasteiger partial charge in [0.25, 0.3) is 0 Å². The Morgan fingerprint density at radius 3 is 2.69 bits per heavy atom. The van der Waals surface area contributed by atoms with Gasteiger partial charge in [-0.2, -0.15) is 0 Å². The Bertz CT molecular complexity index is 316. The van der Waals surface area contributed by atoms with Gasteiger partial charge in [-0.25, -0.2) is 0 Å². The quantitative estimate of drug-likeness (QED) is 0.717. The monoisotopic (exact) mass is 178 g/mol. The maximum absolute atomic E-state index is 11.5. The molecule has 0 atom stereocenters. The van der Waals surface area contributed by atoms with Crippen LogP contribution >= 0.6 is 0 Å². The number of benzene rings is 1. The third-order valence-corrected chi connectivity index (χ3v) is 2.03. The largest absolute Gasteiger partial charge is 0.396 e. The smallest absolute Gasteiger partial charge is 0.165 e. The van der Waals surface area contributed by atoms with Crippen LogP contribution in [-0.2, 0) is 0 Å². The molecular formula is C11H14O2. The minimum Gasteiger partial charge on any atom is -0.396 e. The van der Waals surface area contributed by atoms with Gasteiger partial charge in [0.05, 0.1) is 6.61 Å². The minimum atomic E-state index is -0.0772. The Morgan fingerprint density at radius 2 is 2.08 bits per heavy atom. The van der Waals surface area contributed by atoms with Crippen LogP contribution in [0.4, 0.5) is 0 Å². The van der Waals surface area contributed by atoms with Crippen molar-refractivity contribution in [2.75, 3.05) is 6.61 Å². The number of rotatable bonds is 3. The number of aliphatic hydroxyl groups excluding tert-OH is 1. The first-order chi connectivity index (χ1) is 6.15. The SMILES string of the molecule is Cc1ccc(C)c(C(=O)CCO)c1. The van der Waals surface area contributed by atoms with Gasteiger partial charge in [-0.05, 0) is 25.5 Å². The topological polar surface area (TPSA) is 37.3 Å². The molecule has 13 heavy (non-hydrogen) atoms. The van der Waals surface area contributed by atoms with E-state index in [0.717, 1.165) is 16.7 Å². The molecule has 0 aliphatic heterocycles. The zero-order chi connectivity index (χ0) is 9.84. The fraction of sp³-hybridized carbons (Fsp3) is 0.364. The molecule has 0 amide bonds. The van der Waals surface area contributed by atoms with Crippen LogP contribution < -0.4 is 0 Å². The lowest BCUT2D eigenvalue weighted by Crippen LogP contribution is -2.04. The molecule has 0 bridgehead atoms. The van der Waals surface area contributed by atoms with Crippen molar-refractivity contribution in [3.8, 4) is 0 Å². The molecule has 0 aliphatic rings. The van der Waals surface area contributed by atoms with Gasteiger partial charge in [-0.3, -0.25) is 4.79 Å². The highest BCUT2D eigenvalue weighted by Gasteiger charge is 2.07. The third kappa shape index (κ3) is 2.39. The Hall–Kier alpha value is -1.15. The van der Waals surface area contributed by atoms with Crippen molar-refractivity contribution >= 4 is 5.78 Å². The summed E-state index contributed by atoms with van der Waals surface area (Å²) in [6.07, 6.45) is 0.213. The molecule has 70 valence electrons. The number of Topliss-reactive ketones (excluding diaryl/α,β-unsaturated/α-hetero) is 1. The van der Waals surface area contributed by atoms with Crippen molar-refractivity contribution in [3.05, 3.63) is 34.9 Å². The Kier molecular flexibility index (Phi) is 3.20. The molecule has 0 aromatic heterocycles. The van der Waals surface area contributed by atoms with Gasteiger partial charge in [0, 0.05) is 12.0 Å². The van der Waals surface area contributed by atoms with E-state index in [4.69, 9.17) is 5.11 Å². The summed E-state index contributed by atoms with van der Waals surface area (Å²) in [6.45, 7) is 3.78. The molecule has 1 rings (SSSR count). The van der Waals surface area contributed by atoms with E-state index in [1.807, 2.05) is 32.0 Å². The van der Waals surface area contributed by atoms with Crippen molar-refractivity contribution < 1.29 is 9.90 Å². The second-order valence-electron chi connectivity index (χ2n) is 3.22. The molecule has 2 nitrogen and oxygen atoms in total. The van der Waals surface area contributed by atoms with Crippen molar-refractivity contribution in [2.45, 2.75) is 20.3 Å². The van der Waals surface area contributed by atoms with Crippen LogP contribution in [0.25, 0.3) is 0 Å². The van der Waals surface area contributed by atoms with E-state index in [0.29, 0.717) is 0 Å². The zero-order valence-corrected chi connectivity index (χ0v) is 8.00. The fourth-order valence-corrected chi connectivity index (χ4v) is 1.27. The normalized spacial score (nSPS) is 10.1. The fourth-order valence-electron chi connectivity index (χ4n) is 1.27. The molecule has 0 saturated carbocycles. The number of hydrogen-bond donors (Lipinski definition) is 1. The summed E-state index contributed by atoms with van der Waals surface area (Å²) in [5.41, 5.74) is 2.78. The van der Waals surface area contributed by atoms with Gasteiger partial charge in [-0.15, -0.1) is 0 Å². The lowest BCUT2D eigenvalue weighted by molar-refractivity contribution is 0.0956. The molecule has 0 radical (unpaired) electrons. The lowest BCUT2D eigenvalue weighted by atomic mass is 10.0. The highest BCUT2D eigenvalue weighted by atomic mass is 16.3. The molecule has 1 N–H and O–H groups in total. The van der Waals surface area contributed by atoms with Gasteiger partial charge >= 0.3 is 0 Å². The molecule has 1 aromatic rings. The van der Waals surface area contributed by atoms with Crippen LogP contribution in [0.1, 0.15) is 27.9 Å². The first-order valence-corrected chi connectivity index (χ1v) is 4.36. The number of aliphatic hydroxyl groups is 1. The van der Waals surface area contributed by atoms with Crippen LogP contribution in [0.5, 0.6) is 0 Å². The van der Waals surface area contributed by atoms with E-state index in [1.54, 1.807) is 0 Å². The summed E-state index contributed by atoms with van der Waals surface area (Å²) < 4.78 is 0. The highest BCUT2D eigenvalue weighted by molar-refractivity contribution is 5.97. The predicted octanol–water partition coefficient (Wildman–Crippen LogP) is 1.87. The second-order valence-corrected chi connectivity index (χ2v) is 3.22. The second kappa shape index (κ2) is 4.19. The maximum Gasteiger partial charge on any atom is 0.165 e. The summed E-state index contributed by atoms with van der Waals surface area (Å²) in [6, 6.07) is 5.78. The summed E-state index contributed by atoms with van der Waals surface area (Å²) >= 11 is 0. The molecule has 1 aromatic carbocycles. The number of hydrogen-bond acceptors (Lipinski definition) is 2. The van der Waals surface area contributed by atoms with Gasteiger partial charge in [0.2, 0.25) is 0 Å². The molecule has 0 heterocycles. The standard InChI is InChI=1S/C11H14O2/c1-8-3-4-9(2)10(7-8)11(13)5-6-12/h3-4,7,12H,5-6H2,1-2H3. The maximum atomic E-state index is 11.5. The molecule has 0 saturated heterocycles. The Balaban J connectivity index is 2.99. The lowest BCUT2D eigenvalue weighted by Gasteiger charge is -2.04. The van der Waals surface area contributed by atoms with Crippen molar-refractivity contribution in [1.29, 1.82) is 0 Å². The van der Waals surface area contributed by atoms with Gasteiger partial charge in [-0.1, -0.05) is 17.7 Å². The molecule has 0 spiro atoms. The van der Waals surface area contributed by atoms with E-state index in [2.05, 4.69) is 0 Å². The van der Waals surface area contributed by atoms with Crippen LogP contribution in [-0.4, -0.2) is 17.5 Å². The van der Waals surface area contributed by atoms with Gasteiger partial charge in [0.1, 0.15) is 0 Å².